The van der Waals surface area contributed by atoms with Crippen LogP contribution in [0.5, 0.6) is 0 Å². The Kier molecular flexibility index (Phi) is 4.89. The van der Waals surface area contributed by atoms with Gasteiger partial charge in [-0.3, -0.25) is 8.37 Å². The van der Waals surface area contributed by atoms with E-state index >= 15 is 0 Å². The van der Waals surface area contributed by atoms with Crippen molar-refractivity contribution >= 4 is 17.3 Å². The number of cyclic esters (lactones) is 1. The Bertz CT molecular complexity index is 762. The SMILES string of the molecule is C=C1CC[C@H]2[C@@](C)(CC[C@@]3(C)O[S@@](=O)OC[C@@]23C)[C@@H]1C/C=C1/C(=O)OC[C@H]1O. The summed E-state index contributed by atoms with van der Waals surface area (Å²) < 4.78 is 28.1. The molecule has 2 saturated carbocycles. The lowest BCUT2D eigenvalue weighted by molar-refractivity contribution is -0.202. The standard InChI is InChI=1S/C21H30O6S/c1-13-5-8-17-19(2,15(13)7-6-14-16(22)11-25-18(14)23)9-10-21(4)20(17,3)12-26-28(24)27-21/h6,15-17,22H,1,5,7-12H2,2-4H3/b14-6+/t15-,16-,17+,19+,20+,21-,28+/m1/s1. The maximum absolute atomic E-state index is 11.9. The molecule has 4 fully saturated rings. The number of esters is 1. The van der Waals surface area contributed by atoms with Crippen LogP contribution in [0.25, 0.3) is 0 Å². The van der Waals surface area contributed by atoms with Crippen LogP contribution >= 0.6 is 0 Å². The van der Waals surface area contributed by atoms with E-state index in [0.717, 1.165) is 25.7 Å². The van der Waals surface area contributed by atoms with Gasteiger partial charge in [-0.1, -0.05) is 32.1 Å². The molecule has 0 amide bonds. The summed E-state index contributed by atoms with van der Waals surface area (Å²) in [5.41, 5.74) is 0.814. The Balaban J connectivity index is 1.65. The van der Waals surface area contributed by atoms with E-state index in [1.54, 1.807) is 0 Å². The largest absolute Gasteiger partial charge is 0.459 e. The van der Waals surface area contributed by atoms with Crippen LogP contribution < -0.4 is 0 Å². The molecule has 0 unspecified atom stereocenters. The molecule has 2 aliphatic carbocycles. The number of hydrogen-bond donors (Lipinski definition) is 1. The highest BCUT2D eigenvalue weighted by Gasteiger charge is 2.65. The highest BCUT2D eigenvalue weighted by molar-refractivity contribution is 7.75. The number of carbonyl (C=O) groups is 1. The summed E-state index contributed by atoms with van der Waals surface area (Å²) in [6, 6.07) is 0. The number of carbonyl (C=O) groups excluding carboxylic acids is 1. The minimum atomic E-state index is -1.68. The molecule has 6 nitrogen and oxygen atoms in total. The number of rotatable bonds is 2. The molecular weight excluding hydrogens is 380 g/mol. The molecule has 0 spiro atoms. The van der Waals surface area contributed by atoms with Gasteiger partial charge < -0.3 is 9.84 Å². The van der Waals surface area contributed by atoms with Crippen LogP contribution in [0.4, 0.5) is 0 Å². The van der Waals surface area contributed by atoms with E-state index < -0.39 is 29.0 Å². The van der Waals surface area contributed by atoms with Crippen LogP contribution in [0.15, 0.2) is 23.8 Å². The maximum Gasteiger partial charge on any atom is 0.336 e. The smallest absolute Gasteiger partial charge is 0.336 e. The Morgan fingerprint density at radius 1 is 1.32 bits per heavy atom. The molecular formula is C21H30O6S. The number of fused-ring (bicyclic) bond motifs is 3. The first-order chi connectivity index (χ1) is 13.1. The molecule has 28 heavy (non-hydrogen) atoms. The topological polar surface area (TPSA) is 82.1 Å². The van der Waals surface area contributed by atoms with Crippen LogP contribution in [0.2, 0.25) is 0 Å². The molecule has 2 aliphatic heterocycles. The Hall–Kier alpha value is -1.02. The van der Waals surface area contributed by atoms with E-state index in [9.17, 15) is 14.1 Å². The fourth-order valence-corrected chi connectivity index (χ4v) is 7.16. The molecule has 156 valence electrons. The molecule has 1 N–H and O–H groups in total. The van der Waals surface area contributed by atoms with Gasteiger partial charge in [-0.2, -0.15) is 4.21 Å². The van der Waals surface area contributed by atoms with Crippen molar-refractivity contribution in [2.45, 2.75) is 64.6 Å². The van der Waals surface area contributed by atoms with Gasteiger partial charge in [0.05, 0.1) is 17.8 Å². The second-order valence-electron chi connectivity index (χ2n) is 9.52. The van der Waals surface area contributed by atoms with Crippen LogP contribution in [0, 0.1) is 22.7 Å². The van der Waals surface area contributed by atoms with E-state index in [0.29, 0.717) is 24.5 Å². The van der Waals surface area contributed by atoms with Crippen molar-refractivity contribution in [3.05, 3.63) is 23.8 Å². The van der Waals surface area contributed by atoms with Gasteiger partial charge in [-0.05, 0) is 56.3 Å². The van der Waals surface area contributed by atoms with Gasteiger partial charge >= 0.3 is 17.3 Å². The number of aliphatic hydroxyl groups is 1. The average Bonchev–Trinajstić information content (AvgIpc) is 2.94. The first-order valence-corrected chi connectivity index (χ1v) is 11.1. The van der Waals surface area contributed by atoms with E-state index in [4.69, 9.17) is 13.1 Å². The monoisotopic (exact) mass is 410 g/mol. The van der Waals surface area contributed by atoms with Gasteiger partial charge in [0.15, 0.2) is 0 Å². The van der Waals surface area contributed by atoms with E-state index in [1.165, 1.54) is 5.57 Å². The minimum absolute atomic E-state index is 0.0281. The summed E-state index contributed by atoms with van der Waals surface area (Å²) in [6.45, 7) is 11.4. The zero-order valence-corrected chi connectivity index (χ0v) is 17.7. The first-order valence-electron chi connectivity index (χ1n) is 10.1. The lowest BCUT2D eigenvalue weighted by atomic mass is 9.43. The molecule has 0 aromatic heterocycles. The van der Waals surface area contributed by atoms with Gasteiger partial charge in [0, 0.05) is 5.41 Å². The van der Waals surface area contributed by atoms with Crippen molar-refractivity contribution in [2.75, 3.05) is 13.2 Å². The zero-order valence-electron chi connectivity index (χ0n) is 16.9. The van der Waals surface area contributed by atoms with E-state index in [2.05, 4.69) is 27.4 Å². The lowest BCUT2D eigenvalue weighted by Crippen LogP contribution is -2.65. The third kappa shape index (κ3) is 2.85. The molecule has 2 heterocycles. The lowest BCUT2D eigenvalue weighted by Gasteiger charge is -2.64. The minimum Gasteiger partial charge on any atom is -0.459 e. The Labute approximate surface area is 169 Å². The van der Waals surface area contributed by atoms with Crippen molar-refractivity contribution in [2.24, 2.45) is 22.7 Å². The number of hydrogen-bond acceptors (Lipinski definition) is 6. The van der Waals surface area contributed by atoms with Crippen molar-refractivity contribution in [1.82, 2.24) is 0 Å². The van der Waals surface area contributed by atoms with Gasteiger partial charge in [-0.25, -0.2) is 4.79 Å². The fraction of sp³-hybridized carbons (Fsp3) is 0.762. The third-order valence-electron chi connectivity index (χ3n) is 8.20. The van der Waals surface area contributed by atoms with E-state index in [1.807, 2.05) is 6.08 Å². The summed E-state index contributed by atoms with van der Waals surface area (Å²) in [7, 11) is 0. The van der Waals surface area contributed by atoms with E-state index in [-0.39, 0.29) is 23.4 Å². The second-order valence-corrected chi connectivity index (χ2v) is 10.3. The van der Waals surface area contributed by atoms with Gasteiger partial charge in [0.25, 0.3) is 0 Å². The molecule has 7 heteroatoms. The van der Waals surface area contributed by atoms with Crippen LogP contribution in [-0.2, 0) is 29.3 Å². The van der Waals surface area contributed by atoms with Crippen molar-refractivity contribution in [1.29, 1.82) is 0 Å². The summed E-state index contributed by atoms with van der Waals surface area (Å²) in [4.78, 5) is 11.9. The summed E-state index contributed by atoms with van der Waals surface area (Å²) in [5.74, 6) is 0.105. The molecule has 4 rings (SSSR count). The van der Waals surface area contributed by atoms with Crippen LogP contribution in [0.3, 0.4) is 0 Å². The fourth-order valence-electron chi connectivity index (χ4n) is 6.20. The quantitative estimate of drug-likeness (QED) is 0.428. The molecule has 0 radical (unpaired) electrons. The Morgan fingerprint density at radius 3 is 2.75 bits per heavy atom. The Morgan fingerprint density at radius 2 is 2.07 bits per heavy atom. The average molecular weight is 411 g/mol. The van der Waals surface area contributed by atoms with Crippen molar-refractivity contribution in [3.63, 3.8) is 0 Å². The molecule has 0 bridgehead atoms. The zero-order chi connectivity index (χ0) is 20.3. The number of allylic oxidation sites excluding steroid dienone is 2. The molecule has 2 saturated heterocycles. The van der Waals surface area contributed by atoms with Gasteiger partial charge in [-0.15, -0.1) is 0 Å². The normalized spacial score (nSPS) is 50.2. The summed E-state index contributed by atoms with van der Waals surface area (Å²) >= 11 is -1.68. The molecule has 7 atom stereocenters. The predicted octanol–water partition coefficient (Wildman–Crippen LogP) is 2.99. The number of aliphatic hydroxyl groups excluding tert-OH is 1. The van der Waals surface area contributed by atoms with Gasteiger partial charge in [0.2, 0.25) is 0 Å². The van der Waals surface area contributed by atoms with Crippen LogP contribution in [-0.4, -0.2) is 40.2 Å². The highest BCUT2D eigenvalue weighted by Crippen LogP contribution is 2.66. The third-order valence-corrected chi connectivity index (χ3v) is 9.02. The number of ether oxygens (including phenoxy) is 1. The molecule has 0 aromatic carbocycles. The maximum atomic E-state index is 11.9. The molecule has 4 aliphatic rings. The molecule has 0 aromatic rings. The van der Waals surface area contributed by atoms with Crippen molar-refractivity contribution in [3.8, 4) is 0 Å². The summed E-state index contributed by atoms with van der Waals surface area (Å²) in [5, 5.41) is 10.0. The predicted molar refractivity (Wildman–Crippen MR) is 104 cm³/mol. The van der Waals surface area contributed by atoms with Gasteiger partial charge in [0.1, 0.15) is 12.7 Å². The van der Waals surface area contributed by atoms with Crippen molar-refractivity contribution < 1.29 is 27.2 Å². The highest BCUT2D eigenvalue weighted by atomic mass is 32.2. The second kappa shape index (κ2) is 6.76. The van der Waals surface area contributed by atoms with Crippen LogP contribution in [0.1, 0.15) is 52.9 Å². The summed E-state index contributed by atoms with van der Waals surface area (Å²) in [6.07, 6.45) is 5.32. The first kappa shape index (κ1) is 20.3.